The number of carbonyl (C=O) groups is 7. The molecule has 0 aromatic heterocycles. The number of carboxylic acids is 1. The Hall–Kier alpha value is -4.53. The Bertz CT molecular complexity index is 1380. The van der Waals surface area contributed by atoms with Crippen LogP contribution in [0.15, 0.2) is 30.3 Å². The molecular weight excluding hydrogens is 650 g/mol. The predicted molar refractivity (Wildman–Crippen MR) is 180 cm³/mol. The van der Waals surface area contributed by atoms with Crippen molar-refractivity contribution in [3.63, 3.8) is 0 Å². The van der Waals surface area contributed by atoms with Crippen LogP contribution in [0, 0.1) is 11.3 Å². The largest absolute Gasteiger partial charge is 0.479 e. The van der Waals surface area contributed by atoms with E-state index in [1.807, 2.05) is 20.8 Å². The molecule has 0 spiro atoms. The molecule has 5 atom stereocenters. The van der Waals surface area contributed by atoms with Crippen LogP contribution in [-0.2, 0) is 33.5 Å². The zero-order chi connectivity index (χ0) is 37.0. The molecule has 1 heterocycles. The van der Waals surface area contributed by atoms with Crippen molar-refractivity contribution in [3.05, 3.63) is 35.9 Å². The average Bonchev–Trinajstić information content (AvgIpc) is 3.48. The van der Waals surface area contributed by atoms with E-state index < -0.39 is 78.3 Å². The maximum atomic E-state index is 14.0. The SMILES string of the molecule is CCCC(NC(=O)C1C[C@@H](O)CN1C(=O)[C@@H](NC(=O)OCC(C)(C)C)C1CCCCC1)C(=O)C(=O)NCC(=O)N[C@H](C(=O)O)c1ccccc1. The number of ketones is 1. The van der Waals surface area contributed by atoms with Gasteiger partial charge in [-0.3, -0.25) is 24.0 Å². The van der Waals surface area contributed by atoms with Gasteiger partial charge in [-0.1, -0.05) is 83.7 Å². The molecule has 1 aromatic carbocycles. The van der Waals surface area contributed by atoms with Gasteiger partial charge in [0.05, 0.1) is 25.3 Å². The van der Waals surface area contributed by atoms with Crippen LogP contribution < -0.4 is 21.3 Å². The van der Waals surface area contributed by atoms with Gasteiger partial charge in [0.1, 0.15) is 12.1 Å². The van der Waals surface area contributed by atoms with Crippen LogP contribution >= 0.6 is 0 Å². The van der Waals surface area contributed by atoms with Crippen LogP contribution in [0.4, 0.5) is 4.79 Å². The Labute approximate surface area is 292 Å². The first kappa shape index (κ1) is 39.9. The second-order valence-electron chi connectivity index (χ2n) is 14.2. The lowest BCUT2D eigenvalue weighted by Gasteiger charge is -2.34. The van der Waals surface area contributed by atoms with Crippen LogP contribution in [0.2, 0.25) is 0 Å². The molecule has 2 aliphatic rings. The molecule has 0 radical (unpaired) electrons. The Morgan fingerprint density at radius 2 is 1.62 bits per heavy atom. The number of aliphatic carboxylic acids is 1. The molecule has 15 heteroatoms. The molecule has 1 saturated carbocycles. The normalized spacial score (nSPS) is 19.7. The maximum Gasteiger partial charge on any atom is 0.407 e. The number of amides is 5. The highest BCUT2D eigenvalue weighted by Gasteiger charge is 2.44. The monoisotopic (exact) mass is 701 g/mol. The first-order valence-corrected chi connectivity index (χ1v) is 17.2. The van der Waals surface area contributed by atoms with Gasteiger partial charge < -0.3 is 41.1 Å². The molecule has 50 heavy (non-hydrogen) atoms. The first-order valence-electron chi connectivity index (χ1n) is 17.2. The number of hydrogen-bond donors (Lipinski definition) is 6. The smallest absolute Gasteiger partial charge is 0.407 e. The average molecular weight is 702 g/mol. The summed E-state index contributed by atoms with van der Waals surface area (Å²) < 4.78 is 5.37. The van der Waals surface area contributed by atoms with Crippen LogP contribution in [0.25, 0.3) is 0 Å². The van der Waals surface area contributed by atoms with Gasteiger partial charge in [0, 0.05) is 13.0 Å². The van der Waals surface area contributed by atoms with Crippen LogP contribution in [0.1, 0.15) is 90.7 Å². The number of aliphatic hydroxyl groups is 1. The van der Waals surface area contributed by atoms with Crippen molar-refractivity contribution in [1.29, 1.82) is 0 Å². The standard InChI is InChI=1S/C35H51N5O10/c1-5-12-24(29(43)31(45)36-18-26(42)38-28(33(47)48)22-15-10-7-11-16-22)37-30(44)25-17-23(41)19-40(25)32(46)27(21-13-8-6-9-14-21)39-34(49)50-20-35(2,3)4/h7,10-11,15-16,21,23-25,27-28,41H,5-6,8-9,12-14,17-20H2,1-4H3,(H,36,45)(H,37,44)(H,38,42)(H,39,49)(H,47,48)/t23-,24?,25?,27+,28+/m1/s1. The summed E-state index contributed by atoms with van der Waals surface area (Å²) in [4.78, 5) is 91.8. The number of ether oxygens (including phenoxy) is 1. The zero-order valence-electron chi connectivity index (χ0n) is 29.2. The Morgan fingerprint density at radius 3 is 2.22 bits per heavy atom. The van der Waals surface area contributed by atoms with Crippen molar-refractivity contribution < 1.29 is 48.5 Å². The van der Waals surface area contributed by atoms with E-state index in [9.17, 15) is 43.8 Å². The van der Waals surface area contributed by atoms with Gasteiger partial charge in [-0.15, -0.1) is 0 Å². The Morgan fingerprint density at radius 1 is 0.960 bits per heavy atom. The summed E-state index contributed by atoms with van der Waals surface area (Å²) in [5.41, 5.74) is 0.0123. The molecule has 1 aliphatic carbocycles. The lowest BCUT2D eigenvalue weighted by Crippen LogP contribution is -2.58. The molecule has 15 nitrogen and oxygen atoms in total. The fourth-order valence-corrected chi connectivity index (χ4v) is 6.16. The molecule has 3 rings (SSSR count). The lowest BCUT2D eigenvalue weighted by atomic mass is 9.83. The number of nitrogens with zero attached hydrogens (tertiary/aromatic N) is 1. The molecule has 2 fully saturated rings. The summed E-state index contributed by atoms with van der Waals surface area (Å²) in [6, 6.07) is 3.10. The van der Waals surface area contributed by atoms with Crippen LogP contribution in [0.3, 0.4) is 0 Å². The van der Waals surface area contributed by atoms with Gasteiger partial charge in [-0.25, -0.2) is 9.59 Å². The Kier molecular flexibility index (Phi) is 14.7. The van der Waals surface area contributed by atoms with Gasteiger partial charge in [0.2, 0.25) is 23.5 Å². The number of carboxylic acid groups (broad SMARTS) is 1. The van der Waals surface area contributed by atoms with E-state index in [1.54, 1.807) is 25.1 Å². The molecule has 1 saturated heterocycles. The number of carbonyl (C=O) groups excluding carboxylic acids is 6. The fraction of sp³-hybridized carbons (Fsp3) is 0.629. The summed E-state index contributed by atoms with van der Waals surface area (Å²) in [7, 11) is 0. The highest BCUT2D eigenvalue weighted by Crippen LogP contribution is 2.30. The minimum absolute atomic E-state index is 0.0639. The second-order valence-corrected chi connectivity index (χ2v) is 14.2. The lowest BCUT2D eigenvalue weighted by molar-refractivity contribution is -0.144. The van der Waals surface area contributed by atoms with Crippen LogP contribution in [-0.4, -0.2) is 101 Å². The van der Waals surface area contributed by atoms with Gasteiger partial charge >= 0.3 is 12.1 Å². The van der Waals surface area contributed by atoms with E-state index in [4.69, 9.17) is 4.74 Å². The molecule has 2 unspecified atom stereocenters. The van der Waals surface area contributed by atoms with Crippen molar-refractivity contribution in [2.24, 2.45) is 11.3 Å². The molecule has 276 valence electrons. The molecule has 5 amide bonds. The maximum absolute atomic E-state index is 14.0. The number of β-amino-alcohol motifs (C(OH)–C–C–N with tert-alkyl or cyclic N) is 1. The second kappa shape index (κ2) is 18.5. The van der Waals surface area contributed by atoms with E-state index in [2.05, 4.69) is 21.3 Å². The Balaban J connectivity index is 1.67. The summed E-state index contributed by atoms with van der Waals surface area (Å²) in [6.45, 7) is 6.71. The summed E-state index contributed by atoms with van der Waals surface area (Å²) >= 11 is 0. The van der Waals surface area contributed by atoms with E-state index in [1.165, 1.54) is 17.0 Å². The van der Waals surface area contributed by atoms with Gasteiger partial charge in [0.15, 0.2) is 6.04 Å². The molecule has 1 aromatic rings. The van der Waals surface area contributed by atoms with Crippen molar-refractivity contribution in [1.82, 2.24) is 26.2 Å². The van der Waals surface area contributed by atoms with Crippen molar-refractivity contribution >= 4 is 41.5 Å². The van der Waals surface area contributed by atoms with Crippen LogP contribution in [0.5, 0.6) is 0 Å². The summed E-state index contributed by atoms with van der Waals surface area (Å²) in [6.07, 6.45) is 2.67. The number of Topliss-reactive ketones (excluding diaryl/α,β-unsaturated/α-hetero) is 1. The fourth-order valence-electron chi connectivity index (χ4n) is 6.16. The number of alkyl carbamates (subject to hydrolysis) is 1. The van der Waals surface area contributed by atoms with Gasteiger partial charge in [-0.2, -0.15) is 0 Å². The number of aliphatic hydroxyl groups excluding tert-OH is 1. The quantitative estimate of drug-likeness (QED) is 0.145. The summed E-state index contributed by atoms with van der Waals surface area (Å²) in [5, 5.41) is 29.8. The van der Waals surface area contributed by atoms with E-state index in [0.29, 0.717) is 24.8 Å². The van der Waals surface area contributed by atoms with E-state index >= 15 is 0 Å². The third-order valence-corrected chi connectivity index (χ3v) is 8.69. The van der Waals surface area contributed by atoms with Crippen molar-refractivity contribution in [2.45, 2.75) is 109 Å². The summed E-state index contributed by atoms with van der Waals surface area (Å²) in [5.74, 6) is -5.87. The first-order chi connectivity index (χ1) is 23.6. The van der Waals surface area contributed by atoms with Gasteiger partial charge in [-0.05, 0) is 36.2 Å². The predicted octanol–water partition coefficient (Wildman–Crippen LogP) is 1.58. The molecule has 1 aliphatic heterocycles. The topological polar surface area (TPSA) is 221 Å². The highest BCUT2D eigenvalue weighted by atomic mass is 16.5. The number of benzene rings is 1. The number of rotatable bonds is 15. The molecule has 0 bridgehead atoms. The van der Waals surface area contributed by atoms with Crippen molar-refractivity contribution in [3.8, 4) is 0 Å². The molecule has 6 N–H and O–H groups in total. The third-order valence-electron chi connectivity index (χ3n) is 8.69. The third kappa shape index (κ3) is 11.8. The van der Waals surface area contributed by atoms with Gasteiger partial charge in [0.25, 0.3) is 5.91 Å². The molecular formula is C35H51N5O10. The number of likely N-dealkylation sites (tertiary alicyclic amines) is 1. The number of nitrogens with one attached hydrogen (secondary N) is 4. The van der Waals surface area contributed by atoms with E-state index in [-0.39, 0.29) is 37.3 Å². The minimum atomic E-state index is -1.38. The number of hydrogen-bond acceptors (Lipinski definition) is 9. The highest BCUT2D eigenvalue weighted by molar-refractivity contribution is 6.38. The van der Waals surface area contributed by atoms with E-state index in [0.717, 1.165) is 19.3 Å². The minimum Gasteiger partial charge on any atom is -0.479 e. The zero-order valence-corrected chi connectivity index (χ0v) is 29.2. The van der Waals surface area contributed by atoms with Crippen molar-refractivity contribution in [2.75, 3.05) is 19.7 Å².